The summed E-state index contributed by atoms with van der Waals surface area (Å²) < 4.78 is 2.28. The number of amides is 1. The Morgan fingerprint density at radius 1 is 1.37 bits per heavy atom. The zero-order valence-corrected chi connectivity index (χ0v) is 11.3. The highest BCUT2D eigenvalue weighted by atomic mass is 16.2. The first-order valence-corrected chi connectivity index (χ1v) is 6.71. The summed E-state index contributed by atoms with van der Waals surface area (Å²) in [5, 5.41) is 0. The molecular formula is C14H18N4O. The number of carbonyl (C=O) groups excluding carboxylic acids is 1. The lowest BCUT2D eigenvalue weighted by molar-refractivity contribution is -0.130. The van der Waals surface area contributed by atoms with E-state index in [-0.39, 0.29) is 5.91 Å². The second-order valence-electron chi connectivity index (χ2n) is 5.13. The van der Waals surface area contributed by atoms with E-state index in [1.807, 2.05) is 24.1 Å². The fourth-order valence-electron chi connectivity index (χ4n) is 2.96. The lowest BCUT2D eigenvalue weighted by Gasteiger charge is -2.32. The van der Waals surface area contributed by atoms with E-state index in [4.69, 9.17) is 0 Å². The SMILES string of the molecule is CC(=O)N1CCC(n2c(C)nc3ccncc32)CC1. The molecule has 0 unspecified atom stereocenters. The number of fused-ring (bicyclic) bond motifs is 1. The fraction of sp³-hybridized carbons (Fsp3) is 0.500. The number of aromatic nitrogens is 3. The quantitative estimate of drug-likeness (QED) is 0.785. The molecule has 0 aliphatic carbocycles. The van der Waals surface area contributed by atoms with Crippen molar-refractivity contribution in [2.75, 3.05) is 13.1 Å². The molecule has 0 spiro atoms. The van der Waals surface area contributed by atoms with E-state index in [0.717, 1.165) is 42.8 Å². The zero-order chi connectivity index (χ0) is 13.4. The second-order valence-corrected chi connectivity index (χ2v) is 5.13. The average Bonchev–Trinajstić information content (AvgIpc) is 2.74. The van der Waals surface area contributed by atoms with Crippen molar-refractivity contribution >= 4 is 16.9 Å². The number of piperidine rings is 1. The smallest absolute Gasteiger partial charge is 0.219 e. The van der Waals surface area contributed by atoms with Crippen molar-refractivity contribution in [2.45, 2.75) is 32.7 Å². The summed E-state index contributed by atoms with van der Waals surface area (Å²) in [5.41, 5.74) is 2.10. The molecular weight excluding hydrogens is 240 g/mol. The molecule has 1 aliphatic heterocycles. The van der Waals surface area contributed by atoms with Gasteiger partial charge in [0.2, 0.25) is 5.91 Å². The van der Waals surface area contributed by atoms with Crippen LogP contribution in [0.3, 0.4) is 0 Å². The number of likely N-dealkylation sites (tertiary alicyclic amines) is 1. The topological polar surface area (TPSA) is 51.0 Å². The van der Waals surface area contributed by atoms with Gasteiger partial charge in [-0.25, -0.2) is 4.98 Å². The first-order chi connectivity index (χ1) is 9.16. The van der Waals surface area contributed by atoms with E-state index in [0.29, 0.717) is 6.04 Å². The number of nitrogens with zero attached hydrogens (tertiary/aromatic N) is 4. The van der Waals surface area contributed by atoms with Crippen molar-refractivity contribution in [3.8, 4) is 0 Å². The standard InChI is InChI=1S/C14H18N4O/c1-10-16-13-3-6-15-9-14(13)18(10)12-4-7-17(8-5-12)11(2)19/h3,6,9,12H,4-5,7-8H2,1-2H3. The van der Waals surface area contributed by atoms with E-state index in [9.17, 15) is 4.79 Å². The maximum absolute atomic E-state index is 11.4. The van der Waals surface area contributed by atoms with Gasteiger partial charge >= 0.3 is 0 Å². The van der Waals surface area contributed by atoms with Crippen LogP contribution in [0.4, 0.5) is 0 Å². The minimum atomic E-state index is 0.173. The van der Waals surface area contributed by atoms with Crippen LogP contribution in [0.5, 0.6) is 0 Å². The van der Waals surface area contributed by atoms with E-state index in [1.165, 1.54) is 0 Å². The normalized spacial score (nSPS) is 17.1. The first-order valence-electron chi connectivity index (χ1n) is 6.71. The lowest BCUT2D eigenvalue weighted by Crippen LogP contribution is -2.37. The summed E-state index contributed by atoms with van der Waals surface area (Å²) in [4.78, 5) is 22.1. The number of aryl methyl sites for hydroxylation is 1. The maximum Gasteiger partial charge on any atom is 0.219 e. The van der Waals surface area contributed by atoms with E-state index in [1.54, 1.807) is 13.1 Å². The van der Waals surface area contributed by atoms with E-state index < -0.39 is 0 Å². The zero-order valence-electron chi connectivity index (χ0n) is 11.3. The van der Waals surface area contributed by atoms with Gasteiger partial charge in [0.1, 0.15) is 5.82 Å². The Hall–Kier alpha value is -1.91. The molecule has 1 amide bonds. The van der Waals surface area contributed by atoms with Gasteiger partial charge in [0.25, 0.3) is 0 Å². The summed E-state index contributed by atoms with van der Waals surface area (Å²) in [5.74, 6) is 1.21. The number of imidazole rings is 1. The Morgan fingerprint density at radius 2 is 2.11 bits per heavy atom. The molecule has 1 fully saturated rings. The van der Waals surface area contributed by atoms with Crippen LogP contribution in [-0.4, -0.2) is 38.4 Å². The highest BCUT2D eigenvalue weighted by Gasteiger charge is 2.24. The molecule has 2 aromatic rings. The van der Waals surface area contributed by atoms with Crippen LogP contribution in [-0.2, 0) is 4.79 Å². The summed E-state index contributed by atoms with van der Waals surface area (Å²) >= 11 is 0. The van der Waals surface area contributed by atoms with Gasteiger partial charge in [-0.2, -0.15) is 0 Å². The van der Waals surface area contributed by atoms with Crippen LogP contribution in [0.1, 0.15) is 31.6 Å². The average molecular weight is 258 g/mol. The van der Waals surface area contributed by atoms with Crippen LogP contribution in [0, 0.1) is 6.92 Å². The Morgan fingerprint density at radius 3 is 2.79 bits per heavy atom. The number of hydrogen-bond acceptors (Lipinski definition) is 3. The number of hydrogen-bond donors (Lipinski definition) is 0. The summed E-state index contributed by atoms with van der Waals surface area (Å²) in [6, 6.07) is 2.37. The third-order valence-electron chi connectivity index (χ3n) is 3.94. The van der Waals surface area contributed by atoms with Crippen molar-refractivity contribution in [3.05, 3.63) is 24.3 Å². The largest absolute Gasteiger partial charge is 0.343 e. The lowest BCUT2D eigenvalue weighted by atomic mass is 10.0. The molecule has 0 bridgehead atoms. The van der Waals surface area contributed by atoms with Gasteiger partial charge in [-0.3, -0.25) is 9.78 Å². The molecule has 5 heteroatoms. The minimum Gasteiger partial charge on any atom is -0.343 e. The molecule has 0 saturated carbocycles. The van der Waals surface area contributed by atoms with Crippen molar-refractivity contribution in [2.24, 2.45) is 0 Å². The predicted molar refractivity (Wildman–Crippen MR) is 72.8 cm³/mol. The third kappa shape index (κ3) is 2.09. The van der Waals surface area contributed by atoms with Gasteiger partial charge in [0.05, 0.1) is 17.2 Å². The maximum atomic E-state index is 11.4. The second kappa shape index (κ2) is 4.64. The molecule has 0 N–H and O–H groups in total. The highest BCUT2D eigenvalue weighted by Crippen LogP contribution is 2.28. The van der Waals surface area contributed by atoms with Gasteiger partial charge < -0.3 is 9.47 Å². The van der Waals surface area contributed by atoms with Crippen LogP contribution in [0.25, 0.3) is 11.0 Å². The number of carbonyl (C=O) groups is 1. The van der Waals surface area contributed by atoms with Crippen molar-refractivity contribution in [1.82, 2.24) is 19.4 Å². The molecule has 2 aromatic heterocycles. The van der Waals surface area contributed by atoms with Crippen LogP contribution < -0.4 is 0 Å². The molecule has 1 saturated heterocycles. The van der Waals surface area contributed by atoms with Gasteiger partial charge in [-0.05, 0) is 25.8 Å². The van der Waals surface area contributed by atoms with Crippen LogP contribution >= 0.6 is 0 Å². The van der Waals surface area contributed by atoms with Crippen molar-refractivity contribution in [3.63, 3.8) is 0 Å². The summed E-state index contributed by atoms with van der Waals surface area (Å²) in [7, 11) is 0. The molecule has 3 rings (SSSR count). The van der Waals surface area contributed by atoms with Gasteiger partial charge in [0.15, 0.2) is 0 Å². The van der Waals surface area contributed by atoms with Gasteiger partial charge in [0, 0.05) is 32.3 Å². The molecule has 100 valence electrons. The first kappa shape index (κ1) is 12.1. The molecule has 1 aliphatic rings. The summed E-state index contributed by atoms with van der Waals surface area (Å²) in [6.07, 6.45) is 5.63. The Labute approximate surface area is 112 Å². The Balaban J connectivity index is 1.89. The number of pyridine rings is 1. The molecule has 19 heavy (non-hydrogen) atoms. The molecule has 5 nitrogen and oxygen atoms in total. The molecule has 3 heterocycles. The van der Waals surface area contributed by atoms with Crippen molar-refractivity contribution in [1.29, 1.82) is 0 Å². The minimum absolute atomic E-state index is 0.173. The summed E-state index contributed by atoms with van der Waals surface area (Å²) in [6.45, 7) is 5.35. The predicted octanol–water partition coefficient (Wildman–Crippen LogP) is 1.92. The molecule has 0 atom stereocenters. The van der Waals surface area contributed by atoms with Crippen molar-refractivity contribution < 1.29 is 4.79 Å². The molecule has 0 radical (unpaired) electrons. The highest BCUT2D eigenvalue weighted by molar-refractivity contribution is 5.75. The van der Waals surface area contributed by atoms with Gasteiger partial charge in [-0.15, -0.1) is 0 Å². The third-order valence-corrected chi connectivity index (χ3v) is 3.94. The Bertz CT molecular complexity index is 611. The van der Waals surface area contributed by atoms with Crippen LogP contribution in [0.15, 0.2) is 18.5 Å². The van der Waals surface area contributed by atoms with Gasteiger partial charge in [-0.1, -0.05) is 0 Å². The monoisotopic (exact) mass is 258 g/mol. The number of rotatable bonds is 1. The molecule has 0 aromatic carbocycles. The fourth-order valence-corrected chi connectivity index (χ4v) is 2.96. The van der Waals surface area contributed by atoms with E-state index >= 15 is 0 Å². The van der Waals surface area contributed by atoms with E-state index in [2.05, 4.69) is 14.5 Å². The Kier molecular flexibility index (Phi) is 2.97. The van der Waals surface area contributed by atoms with Crippen LogP contribution in [0.2, 0.25) is 0 Å².